The molecule has 12 nitrogen and oxygen atoms in total. The molecular weight excluding hydrogens is 558 g/mol. The standard InChI is InChI=1S/C28H33N7O5S.CH4/c1-34(2)12-13-35(3)18-26(37)29-19-8-7-9-23(16-19)41(38,39)33-28-27(31-24-10-5-6-11-25(24)32-28)30-20-14-21(36)17-22(15-20)40-4;/h5-11,14-17,36H,12-13,18H2,1-4H3,(H,29,37)(H,30,31)(H,32,33);1H4. The van der Waals surface area contributed by atoms with Gasteiger partial charge >= 0.3 is 0 Å². The number of anilines is 4. The van der Waals surface area contributed by atoms with E-state index in [0.717, 1.165) is 6.54 Å². The Morgan fingerprint density at radius 2 is 1.60 bits per heavy atom. The molecule has 42 heavy (non-hydrogen) atoms. The Bertz CT molecular complexity index is 1650. The van der Waals surface area contributed by atoms with Crippen molar-refractivity contribution in [3.05, 3.63) is 66.7 Å². The van der Waals surface area contributed by atoms with Crippen LogP contribution in [0, 0.1) is 0 Å². The van der Waals surface area contributed by atoms with Crippen LogP contribution in [0.3, 0.4) is 0 Å². The lowest BCUT2D eigenvalue weighted by Crippen LogP contribution is -2.34. The molecule has 0 atom stereocenters. The van der Waals surface area contributed by atoms with E-state index in [1.54, 1.807) is 42.5 Å². The van der Waals surface area contributed by atoms with Gasteiger partial charge in [0.1, 0.15) is 11.5 Å². The number of carbonyl (C=O) groups excluding carboxylic acids is 1. The zero-order chi connectivity index (χ0) is 29.6. The first-order valence-corrected chi connectivity index (χ1v) is 14.2. The number of sulfonamides is 1. The van der Waals surface area contributed by atoms with E-state index in [-0.39, 0.29) is 42.2 Å². The van der Waals surface area contributed by atoms with Gasteiger partial charge in [0, 0.05) is 42.7 Å². The molecule has 0 aliphatic rings. The minimum Gasteiger partial charge on any atom is -0.508 e. The van der Waals surface area contributed by atoms with Crippen LogP contribution in [0.1, 0.15) is 7.43 Å². The van der Waals surface area contributed by atoms with Gasteiger partial charge in [0.25, 0.3) is 10.0 Å². The zero-order valence-electron chi connectivity index (χ0n) is 23.2. The third-order valence-electron chi connectivity index (χ3n) is 5.96. The number of amides is 1. The molecule has 0 aliphatic heterocycles. The molecular formula is C29H37N7O5S. The molecule has 3 aromatic carbocycles. The summed E-state index contributed by atoms with van der Waals surface area (Å²) in [6.45, 7) is 1.67. The van der Waals surface area contributed by atoms with Gasteiger partial charge in [-0.3, -0.25) is 14.4 Å². The molecule has 0 saturated heterocycles. The van der Waals surface area contributed by atoms with E-state index < -0.39 is 10.0 Å². The number of hydrogen-bond acceptors (Lipinski definition) is 10. The molecule has 1 amide bonds. The zero-order valence-corrected chi connectivity index (χ0v) is 24.1. The molecule has 0 fully saturated rings. The Balaban J connectivity index is 0.00000484. The maximum Gasteiger partial charge on any atom is 0.263 e. The molecule has 1 aromatic heterocycles. The van der Waals surface area contributed by atoms with Crippen molar-refractivity contribution < 1.29 is 23.1 Å². The fourth-order valence-electron chi connectivity index (χ4n) is 3.89. The second kappa shape index (κ2) is 13.9. The van der Waals surface area contributed by atoms with Gasteiger partial charge in [-0.2, -0.15) is 0 Å². The van der Waals surface area contributed by atoms with Crippen LogP contribution in [-0.2, 0) is 14.8 Å². The number of nitrogens with one attached hydrogen (secondary N) is 3. The number of methoxy groups -OCH3 is 1. The number of aromatic nitrogens is 2. The van der Waals surface area contributed by atoms with Gasteiger partial charge in [-0.1, -0.05) is 25.6 Å². The van der Waals surface area contributed by atoms with E-state index in [0.29, 0.717) is 34.7 Å². The summed E-state index contributed by atoms with van der Waals surface area (Å²) in [5, 5.41) is 15.8. The molecule has 0 saturated carbocycles. The van der Waals surface area contributed by atoms with Crippen LogP contribution in [0.25, 0.3) is 11.0 Å². The number of nitrogens with zero attached hydrogens (tertiary/aromatic N) is 4. The SMILES string of the molecule is C.COc1cc(O)cc(Nc2nc3ccccc3nc2NS(=O)(=O)c2cccc(NC(=O)CN(C)CCN(C)C)c2)c1. The van der Waals surface area contributed by atoms with E-state index >= 15 is 0 Å². The average molecular weight is 596 g/mol. The lowest BCUT2D eigenvalue weighted by molar-refractivity contribution is -0.117. The number of likely N-dealkylation sites (N-methyl/N-ethyl adjacent to an activating group) is 2. The number of hydrogen-bond donors (Lipinski definition) is 4. The average Bonchev–Trinajstić information content (AvgIpc) is 2.91. The van der Waals surface area contributed by atoms with E-state index in [2.05, 4.69) is 25.3 Å². The van der Waals surface area contributed by atoms with E-state index in [9.17, 15) is 18.3 Å². The van der Waals surface area contributed by atoms with Crippen molar-refractivity contribution in [2.75, 3.05) is 63.2 Å². The summed E-state index contributed by atoms with van der Waals surface area (Å²) in [5.74, 6) is 0.145. The summed E-state index contributed by atoms with van der Waals surface area (Å²) >= 11 is 0. The van der Waals surface area contributed by atoms with Crippen LogP contribution in [0.5, 0.6) is 11.5 Å². The maximum absolute atomic E-state index is 13.5. The third-order valence-corrected chi connectivity index (χ3v) is 7.30. The minimum atomic E-state index is -4.15. The predicted molar refractivity (Wildman–Crippen MR) is 166 cm³/mol. The summed E-state index contributed by atoms with van der Waals surface area (Å²) in [6, 6.07) is 17.5. The molecule has 4 rings (SSSR count). The highest BCUT2D eigenvalue weighted by atomic mass is 32.2. The van der Waals surface area contributed by atoms with Crippen LogP contribution >= 0.6 is 0 Å². The molecule has 1 heterocycles. The number of para-hydroxylation sites is 2. The molecule has 0 radical (unpaired) electrons. The number of phenolic OH excluding ortho intramolecular Hbond substituents is 1. The second-order valence-corrected chi connectivity index (χ2v) is 11.4. The maximum atomic E-state index is 13.5. The van der Waals surface area contributed by atoms with Crippen molar-refractivity contribution in [2.24, 2.45) is 0 Å². The van der Waals surface area contributed by atoms with Crippen molar-refractivity contribution in [1.82, 2.24) is 19.8 Å². The number of rotatable bonds is 12. The highest BCUT2D eigenvalue weighted by Gasteiger charge is 2.20. The summed E-state index contributed by atoms with van der Waals surface area (Å²) in [4.78, 5) is 25.4. The van der Waals surface area contributed by atoms with Crippen molar-refractivity contribution in [3.8, 4) is 11.5 Å². The van der Waals surface area contributed by atoms with Crippen molar-refractivity contribution in [1.29, 1.82) is 0 Å². The Morgan fingerprint density at radius 1 is 0.905 bits per heavy atom. The molecule has 224 valence electrons. The third kappa shape index (κ3) is 8.52. The minimum absolute atomic E-state index is 0. The van der Waals surface area contributed by atoms with Gasteiger partial charge in [0.15, 0.2) is 11.6 Å². The summed E-state index contributed by atoms with van der Waals surface area (Å²) in [7, 11) is 3.08. The Labute approximate surface area is 246 Å². The van der Waals surface area contributed by atoms with Crippen molar-refractivity contribution in [2.45, 2.75) is 12.3 Å². The fraction of sp³-hybridized carbons (Fsp3) is 0.276. The molecule has 13 heteroatoms. The van der Waals surface area contributed by atoms with Crippen molar-refractivity contribution >= 4 is 50.0 Å². The predicted octanol–water partition coefficient (Wildman–Crippen LogP) is 3.96. The van der Waals surface area contributed by atoms with Crippen LogP contribution in [0.2, 0.25) is 0 Å². The van der Waals surface area contributed by atoms with Gasteiger partial charge in [-0.15, -0.1) is 0 Å². The molecule has 0 unspecified atom stereocenters. The molecule has 4 aromatic rings. The highest BCUT2D eigenvalue weighted by molar-refractivity contribution is 7.92. The lowest BCUT2D eigenvalue weighted by atomic mass is 10.2. The fourth-order valence-corrected chi connectivity index (χ4v) is 4.95. The van der Waals surface area contributed by atoms with E-state index in [1.807, 2.05) is 30.9 Å². The molecule has 0 aliphatic carbocycles. The van der Waals surface area contributed by atoms with Crippen molar-refractivity contribution in [3.63, 3.8) is 0 Å². The van der Waals surface area contributed by atoms with Gasteiger partial charge in [0.05, 0.1) is 29.6 Å². The monoisotopic (exact) mass is 595 g/mol. The topological polar surface area (TPSA) is 149 Å². The van der Waals surface area contributed by atoms with Gasteiger partial charge in [0.2, 0.25) is 5.91 Å². The first-order chi connectivity index (χ1) is 19.5. The second-order valence-electron chi connectivity index (χ2n) is 9.68. The number of ether oxygens (including phenoxy) is 1. The first-order valence-electron chi connectivity index (χ1n) is 12.7. The van der Waals surface area contributed by atoms with Crippen LogP contribution in [0.15, 0.2) is 71.6 Å². The first kappa shape index (κ1) is 32.1. The van der Waals surface area contributed by atoms with Crippen LogP contribution in [-0.4, -0.2) is 87.1 Å². The molecule has 4 N–H and O–H groups in total. The largest absolute Gasteiger partial charge is 0.508 e. The summed E-state index contributed by atoms with van der Waals surface area (Å²) in [5.41, 5.74) is 1.76. The molecule has 0 bridgehead atoms. The lowest BCUT2D eigenvalue weighted by Gasteiger charge is -2.19. The number of benzene rings is 3. The normalized spacial score (nSPS) is 11.3. The summed E-state index contributed by atoms with van der Waals surface area (Å²) in [6.07, 6.45) is 0. The quantitative estimate of drug-likeness (QED) is 0.190. The number of carbonyl (C=O) groups is 1. The van der Waals surface area contributed by atoms with Gasteiger partial charge in [-0.05, 0) is 51.5 Å². The number of phenols is 1. The number of aromatic hydroxyl groups is 1. The Hall–Kier alpha value is -4.46. The highest BCUT2D eigenvalue weighted by Crippen LogP contribution is 2.31. The Kier molecular flexibility index (Phi) is 10.6. The molecule has 0 spiro atoms. The summed E-state index contributed by atoms with van der Waals surface area (Å²) < 4.78 is 34.7. The smallest absolute Gasteiger partial charge is 0.263 e. The van der Waals surface area contributed by atoms with E-state index in [1.165, 1.54) is 31.4 Å². The van der Waals surface area contributed by atoms with Gasteiger partial charge < -0.3 is 25.4 Å². The van der Waals surface area contributed by atoms with Crippen LogP contribution < -0.4 is 20.1 Å². The van der Waals surface area contributed by atoms with Crippen LogP contribution in [0.4, 0.5) is 23.0 Å². The van der Waals surface area contributed by atoms with Gasteiger partial charge in [-0.25, -0.2) is 18.4 Å². The Morgan fingerprint density at radius 3 is 2.26 bits per heavy atom. The van der Waals surface area contributed by atoms with E-state index in [4.69, 9.17) is 4.74 Å². The number of fused-ring (bicyclic) bond motifs is 1.